The minimum atomic E-state index is 1.02. The molecule has 0 radical (unpaired) electrons. The van der Waals surface area contributed by atoms with Gasteiger partial charge >= 0.3 is 0 Å². The van der Waals surface area contributed by atoms with Gasteiger partial charge in [-0.05, 0) is 30.4 Å². The van der Waals surface area contributed by atoms with Gasteiger partial charge in [-0.3, -0.25) is 0 Å². The van der Waals surface area contributed by atoms with E-state index in [1.54, 1.807) is 0 Å². The number of hydrogen-bond donors (Lipinski definition) is 0. The number of rotatable bonds is 3. The summed E-state index contributed by atoms with van der Waals surface area (Å²) in [5, 5.41) is 0. The van der Waals surface area contributed by atoms with Crippen LogP contribution in [0.3, 0.4) is 0 Å². The fraction of sp³-hybridized carbons (Fsp3) is 0.200. The molecule has 1 aliphatic rings. The molecule has 2 rings (SSSR count). The fourth-order valence-corrected chi connectivity index (χ4v) is 1.70. The first kappa shape index (κ1) is 9.97. The van der Waals surface area contributed by atoms with E-state index in [9.17, 15) is 0 Å². The van der Waals surface area contributed by atoms with Crippen LogP contribution in [-0.4, -0.2) is 0 Å². The van der Waals surface area contributed by atoms with Crippen LogP contribution in [0.25, 0.3) is 0 Å². The smallest absolute Gasteiger partial charge is 0.00941 e. The maximum Gasteiger partial charge on any atom is -0.00941 e. The van der Waals surface area contributed by atoms with Gasteiger partial charge in [0.05, 0.1) is 0 Å². The first-order valence-corrected chi connectivity index (χ1v) is 5.52. The zero-order valence-electron chi connectivity index (χ0n) is 8.89. The van der Waals surface area contributed by atoms with E-state index in [4.69, 9.17) is 0 Å². The van der Waals surface area contributed by atoms with Gasteiger partial charge in [0, 0.05) is 0 Å². The average molecular weight is 196 g/mol. The molecule has 1 aliphatic carbocycles. The van der Waals surface area contributed by atoms with Crippen molar-refractivity contribution in [2.24, 2.45) is 0 Å². The van der Waals surface area contributed by atoms with Crippen LogP contribution in [0.1, 0.15) is 18.4 Å². The third kappa shape index (κ3) is 3.25. The van der Waals surface area contributed by atoms with Crippen LogP contribution in [0.5, 0.6) is 0 Å². The average Bonchev–Trinajstić information content (AvgIpc) is 2.32. The largest absolute Gasteiger partial charge is 0.0836 e. The molecule has 0 atom stereocenters. The van der Waals surface area contributed by atoms with Crippen LogP contribution in [-0.2, 0) is 6.42 Å². The van der Waals surface area contributed by atoms with Gasteiger partial charge in [-0.15, -0.1) is 0 Å². The lowest BCUT2D eigenvalue weighted by Crippen LogP contribution is -1.82. The first-order valence-electron chi connectivity index (χ1n) is 5.52. The summed E-state index contributed by atoms with van der Waals surface area (Å²) in [6.45, 7) is 0. The molecule has 76 valence electrons. The monoisotopic (exact) mass is 196 g/mol. The Morgan fingerprint density at radius 3 is 2.67 bits per heavy atom. The highest BCUT2D eigenvalue weighted by molar-refractivity contribution is 5.33. The normalized spacial score (nSPS) is 15.6. The molecule has 0 saturated carbocycles. The van der Waals surface area contributed by atoms with E-state index >= 15 is 0 Å². The minimum Gasteiger partial charge on any atom is -0.0836 e. The summed E-state index contributed by atoms with van der Waals surface area (Å²) in [5.41, 5.74) is 2.71. The van der Waals surface area contributed by atoms with Crippen molar-refractivity contribution in [3.63, 3.8) is 0 Å². The van der Waals surface area contributed by atoms with Crippen LogP contribution in [0.15, 0.2) is 66.3 Å². The predicted molar refractivity (Wildman–Crippen MR) is 65.7 cm³/mol. The Balaban J connectivity index is 1.90. The molecular weight excluding hydrogens is 180 g/mol. The Morgan fingerprint density at radius 1 is 1.07 bits per heavy atom. The van der Waals surface area contributed by atoms with Crippen molar-refractivity contribution in [3.8, 4) is 0 Å². The Labute approximate surface area is 91.6 Å². The van der Waals surface area contributed by atoms with Gasteiger partial charge in [-0.1, -0.05) is 60.7 Å². The van der Waals surface area contributed by atoms with Gasteiger partial charge in [0.2, 0.25) is 0 Å². The van der Waals surface area contributed by atoms with E-state index in [2.05, 4.69) is 60.7 Å². The standard InChI is InChI=1S/C15H16/c1-3-8-14(9-4-1)12-7-13-15-10-5-2-6-11-15/h1,3-5,7-11,13H,2,6,12H2/b13-7+. The van der Waals surface area contributed by atoms with Gasteiger partial charge in [-0.2, -0.15) is 0 Å². The Hall–Kier alpha value is -1.56. The molecule has 0 aromatic heterocycles. The van der Waals surface area contributed by atoms with Crippen molar-refractivity contribution >= 4 is 0 Å². The van der Waals surface area contributed by atoms with E-state index < -0.39 is 0 Å². The molecule has 0 saturated heterocycles. The van der Waals surface area contributed by atoms with Crippen molar-refractivity contribution in [1.82, 2.24) is 0 Å². The van der Waals surface area contributed by atoms with E-state index in [-0.39, 0.29) is 0 Å². The van der Waals surface area contributed by atoms with Crippen molar-refractivity contribution in [3.05, 3.63) is 71.8 Å². The summed E-state index contributed by atoms with van der Waals surface area (Å²) in [4.78, 5) is 0. The molecule has 0 amide bonds. The van der Waals surface area contributed by atoms with Gasteiger partial charge in [0.15, 0.2) is 0 Å². The molecule has 0 heteroatoms. The second kappa shape index (κ2) is 5.35. The molecule has 0 spiro atoms. The SMILES string of the molecule is C1=CC(/C=C/Cc2ccccc2)=CCC1. The van der Waals surface area contributed by atoms with E-state index in [1.165, 1.54) is 24.0 Å². The van der Waals surface area contributed by atoms with E-state index in [1.807, 2.05) is 0 Å². The molecule has 0 nitrogen and oxygen atoms in total. The van der Waals surface area contributed by atoms with Crippen molar-refractivity contribution in [1.29, 1.82) is 0 Å². The predicted octanol–water partition coefficient (Wildman–Crippen LogP) is 4.06. The molecule has 0 aliphatic heterocycles. The summed E-state index contributed by atoms with van der Waals surface area (Å²) in [7, 11) is 0. The lowest BCUT2D eigenvalue weighted by Gasteiger charge is -2.00. The first-order chi connectivity index (χ1) is 7.45. The third-order valence-corrected chi connectivity index (χ3v) is 2.53. The van der Waals surface area contributed by atoms with Gasteiger partial charge in [0.1, 0.15) is 0 Å². The second-order valence-electron chi connectivity index (χ2n) is 3.78. The summed E-state index contributed by atoms with van der Waals surface area (Å²) >= 11 is 0. The number of benzene rings is 1. The summed E-state index contributed by atoms with van der Waals surface area (Å²) in [6, 6.07) is 10.6. The highest BCUT2D eigenvalue weighted by atomic mass is 14.0. The number of allylic oxidation sites excluding steroid dienone is 6. The highest BCUT2D eigenvalue weighted by Gasteiger charge is 1.92. The van der Waals surface area contributed by atoms with Crippen LogP contribution in [0, 0.1) is 0 Å². The van der Waals surface area contributed by atoms with Gasteiger partial charge in [0.25, 0.3) is 0 Å². The fourth-order valence-electron chi connectivity index (χ4n) is 1.70. The van der Waals surface area contributed by atoms with Crippen LogP contribution in [0.4, 0.5) is 0 Å². The quantitative estimate of drug-likeness (QED) is 0.683. The summed E-state index contributed by atoms with van der Waals surface area (Å²) < 4.78 is 0. The van der Waals surface area contributed by atoms with Gasteiger partial charge < -0.3 is 0 Å². The Morgan fingerprint density at radius 2 is 1.93 bits per heavy atom. The van der Waals surface area contributed by atoms with E-state index in [0.717, 1.165) is 6.42 Å². The lowest BCUT2D eigenvalue weighted by molar-refractivity contribution is 1.02. The Bertz CT molecular complexity index is 380. The zero-order valence-corrected chi connectivity index (χ0v) is 8.89. The maximum absolute atomic E-state index is 2.29. The van der Waals surface area contributed by atoms with Crippen LogP contribution >= 0.6 is 0 Å². The molecule has 0 unspecified atom stereocenters. The molecule has 0 N–H and O–H groups in total. The van der Waals surface area contributed by atoms with Crippen molar-refractivity contribution in [2.75, 3.05) is 0 Å². The third-order valence-electron chi connectivity index (χ3n) is 2.53. The lowest BCUT2D eigenvalue weighted by atomic mass is 10.1. The van der Waals surface area contributed by atoms with Crippen molar-refractivity contribution < 1.29 is 0 Å². The maximum atomic E-state index is 2.29. The minimum absolute atomic E-state index is 1.02. The molecule has 1 aromatic carbocycles. The molecule has 0 heterocycles. The number of hydrogen-bond acceptors (Lipinski definition) is 0. The topological polar surface area (TPSA) is 0 Å². The summed E-state index contributed by atoms with van der Waals surface area (Å²) in [5.74, 6) is 0. The molecule has 15 heavy (non-hydrogen) atoms. The second-order valence-corrected chi connectivity index (χ2v) is 3.78. The summed E-state index contributed by atoms with van der Waals surface area (Å²) in [6.07, 6.45) is 14.6. The zero-order chi connectivity index (χ0) is 10.3. The highest BCUT2D eigenvalue weighted by Crippen LogP contribution is 2.11. The van der Waals surface area contributed by atoms with Crippen molar-refractivity contribution in [2.45, 2.75) is 19.3 Å². The Kier molecular flexibility index (Phi) is 3.56. The van der Waals surface area contributed by atoms with E-state index in [0.29, 0.717) is 0 Å². The molecule has 1 aromatic rings. The van der Waals surface area contributed by atoms with Crippen LogP contribution < -0.4 is 0 Å². The molecule has 0 bridgehead atoms. The molecular formula is C15H16. The van der Waals surface area contributed by atoms with Gasteiger partial charge in [-0.25, -0.2) is 0 Å². The van der Waals surface area contributed by atoms with Crippen LogP contribution in [0.2, 0.25) is 0 Å². The molecule has 0 fully saturated rings.